The van der Waals surface area contributed by atoms with Gasteiger partial charge in [0.15, 0.2) is 0 Å². The normalized spacial score (nSPS) is 13.1. The predicted molar refractivity (Wildman–Crippen MR) is 66.1 cm³/mol. The topological polar surface area (TPSA) is 25.8 Å². The maximum Gasteiger partial charge on any atom is 0.131 e. The Morgan fingerprint density at radius 1 is 1.07 bits per heavy atom. The summed E-state index contributed by atoms with van der Waals surface area (Å²) in [5.74, 6) is 1.73. The van der Waals surface area contributed by atoms with Gasteiger partial charge >= 0.3 is 0 Å². The molecule has 0 aliphatic heterocycles. The van der Waals surface area contributed by atoms with Crippen LogP contribution in [0.5, 0.6) is 0 Å². The van der Waals surface area contributed by atoms with Gasteiger partial charge in [-0.1, -0.05) is 34.6 Å². The third-order valence-electron chi connectivity index (χ3n) is 2.08. The molecule has 0 unspecified atom stereocenters. The van der Waals surface area contributed by atoms with E-state index in [0.29, 0.717) is 5.92 Å². The average Bonchev–Trinajstić information content (AvgIpc) is 3.19. The molecule has 1 aromatic rings. The number of nitrogens with zero attached hydrogens (tertiary/aromatic N) is 2. The Balaban J connectivity index is 0.000000442. The van der Waals surface area contributed by atoms with E-state index in [4.69, 9.17) is 0 Å². The van der Waals surface area contributed by atoms with Gasteiger partial charge in [-0.05, 0) is 24.8 Å². The fraction of sp³-hybridized carbons (Fsp3) is 0.692. The Hall–Kier alpha value is -0.920. The highest BCUT2D eigenvalue weighted by atomic mass is 14.9. The Morgan fingerprint density at radius 2 is 1.53 bits per heavy atom. The number of aryl methyl sites for hydroxylation is 1. The first kappa shape index (κ1) is 14.1. The molecule has 0 N–H and O–H groups in total. The average molecular weight is 208 g/mol. The lowest BCUT2D eigenvalue weighted by Gasteiger charge is -1.96. The second-order valence-electron chi connectivity index (χ2n) is 3.08. The lowest BCUT2D eigenvalue weighted by atomic mass is 10.3. The zero-order valence-electron chi connectivity index (χ0n) is 10.7. The van der Waals surface area contributed by atoms with Gasteiger partial charge in [-0.25, -0.2) is 9.97 Å². The molecule has 0 bridgehead atoms. The second kappa shape index (κ2) is 8.39. The van der Waals surface area contributed by atoms with E-state index in [1.165, 1.54) is 18.4 Å². The van der Waals surface area contributed by atoms with Crippen molar-refractivity contribution in [1.82, 2.24) is 9.97 Å². The van der Waals surface area contributed by atoms with Crippen molar-refractivity contribution in [2.75, 3.05) is 0 Å². The first-order chi connectivity index (χ1) is 7.40. The van der Waals surface area contributed by atoms with E-state index < -0.39 is 0 Å². The van der Waals surface area contributed by atoms with E-state index >= 15 is 0 Å². The highest BCUT2D eigenvalue weighted by molar-refractivity contribution is 5.10. The summed E-state index contributed by atoms with van der Waals surface area (Å²) < 4.78 is 0. The summed E-state index contributed by atoms with van der Waals surface area (Å²) in [6.45, 7) is 10.1. The summed E-state index contributed by atoms with van der Waals surface area (Å²) in [6, 6.07) is 0. The van der Waals surface area contributed by atoms with Gasteiger partial charge in [-0.15, -0.1) is 0 Å². The lowest BCUT2D eigenvalue weighted by molar-refractivity contribution is 0.903. The number of rotatable bonds is 2. The van der Waals surface area contributed by atoms with Gasteiger partial charge in [0.05, 0.1) is 0 Å². The number of hydrogen-bond donors (Lipinski definition) is 0. The Labute approximate surface area is 94.2 Å². The Bertz CT molecular complexity index is 237. The molecule has 2 rings (SSSR count). The molecule has 1 heterocycles. The summed E-state index contributed by atoms with van der Waals surface area (Å²) in [5, 5.41) is 0. The highest BCUT2D eigenvalue weighted by Gasteiger charge is 2.25. The van der Waals surface area contributed by atoms with Gasteiger partial charge in [0.25, 0.3) is 0 Å². The van der Waals surface area contributed by atoms with Gasteiger partial charge in [-0.2, -0.15) is 0 Å². The van der Waals surface area contributed by atoms with Crippen LogP contribution in [0.1, 0.15) is 64.8 Å². The quantitative estimate of drug-likeness (QED) is 0.735. The van der Waals surface area contributed by atoms with E-state index in [1.54, 1.807) is 0 Å². The summed E-state index contributed by atoms with van der Waals surface area (Å²) in [6.07, 6.45) is 7.49. The smallest absolute Gasteiger partial charge is 0.131 e. The van der Waals surface area contributed by atoms with Crippen molar-refractivity contribution >= 4 is 0 Å². The molecule has 0 atom stereocenters. The monoisotopic (exact) mass is 208 g/mol. The van der Waals surface area contributed by atoms with Gasteiger partial charge in [-0.3, -0.25) is 0 Å². The Kier molecular flexibility index (Phi) is 7.88. The van der Waals surface area contributed by atoms with Gasteiger partial charge in [0, 0.05) is 18.3 Å². The fourth-order valence-electron chi connectivity index (χ4n) is 1.10. The molecule has 15 heavy (non-hydrogen) atoms. The predicted octanol–water partition coefficient (Wildman–Crippen LogP) is 3.97. The first-order valence-corrected chi connectivity index (χ1v) is 6.21. The van der Waals surface area contributed by atoms with E-state index in [1.807, 2.05) is 40.1 Å². The molecule has 2 nitrogen and oxygen atoms in total. The van der Waals surface area contributed by atoms with Crippen LogP contribution in [-0.4, -0.2) is 9.97 Å². The third kappa shape index (κ3) is 4.91. The van der Waals surface area contributed by atoms with Crippen LogP contribution in [0.2, 0.25) is 0 Å². The lowest BCUT2D eigenvalue weighted by Crippen LogP contribution is -1.92. The maximum atomic E-state index is 4.30. The van der Waals surface area contributed by atoms with Crippen LogP contribution < -0.4 is 0 Å². The van der Waals surface area contributed by atoms with Crippen LogP contribution in [0.15, 0.2) is 12.4 Å². The highest BCUT2D eigenvalue weighted by Crippen LogP contribution is 2.37. The van der Waals surface area contributed by atoms with Crippen molar-refractivity contribution < 1.29 is 0 Å². The minimum atomic E-state index is 0.681. The van der Waals surface area contributed by atoms with E-state index in [9.17, 15) is 0 Å². The van der Waals surface area contributed by atoms with Gasteiger partial charge in [0.1, 0.15) is 5.82 Å². The molecule has 1 aliphatic rings. The molecule has 0 amide bonds. The van der Waals surface area contributed by atoms with Gasteiger partial charge < -0.3 is 0 Å². The fourth-order valence-corrected chi connectivity index (χ4v) is 1.10. The van der Waals surface area contributed by atoms with Crippen LogP contribution in [0.25, 0.3) is 0 Å². The molecule has 0 radical (unpaired) electrons. The van der Waals surface area contributed by atoms with Crippen LogP contribution >= 0.6 is 0 Å². The molecular formula is C13H24N2. The summed E-state index contributed by atoms with van der Waals surface area (Å²) >= 11 is 0. The van der Waals surface area contributed by atoms with E-state index in [2.05, 4.69) is 16.9 Å². The summed E-state index contributed by atoms with van der Waals surface area (Å²) in [4.78, 5) is 8.60. The molecule has 0 aromatic carbocycles. The standard InChI is InChI=1S/C9H12N2.2C2H6/c1-2-7-5-10-9(11-6-7)8-3-4-8;2*1-2/h5-6,8H,2-4H2,1H3;2*1-2H3. The first-order valence-electron chi connectivity index (χ1n) is 6.21. The van der Waals surface area contributed by atoms with Crippen molar-refractivity contribution in [2.24, 2.45) is 0 Å². The van der Waals surface area contributed by atoms with Crippen molar-refractivity contribution in [1.29, 1.82) is 0 Å². The summed E-state index contributed by atoms with van der Waals surface area (Å²) in [5.41, 5.74) is 1.23. The van der Waals surface area contributed by atoms with Crippen molar-refractivity contribution in [2.45, 2.75) is 59.8 Å². The molecule has 2 heteroatoms. The van der Waals surface area contributed by atoms with Gasteiger partial charge in [0.2, 0.25) is 0 Å². The molecular weight excluding hydrogens is 184 g/mol. The van der Waals surface area contributed by atoms with Crippen LogP contribution in [0.3, 0.4) is 0 Å². The zero-order valence-corrected chi connectivity index (χ0v) is 10.7. The van der Waals surface area contributed by atoms with Crippen LogP contribution in [-0.2, 0) is 6.42 Å². The molecule has 1 aliphatic carbocycles. The summed E-state index contributed by atoms with van der Waals surface area (Å²) in [7, 11) is 0. The minimum absolute atomic E-state index is 0.681. The third-order valence-corrected chi connectivity index (χ3v) is 2.08. The molecule has 1 saturated carbocycles. The van der Waals surface area contributed by atoms with Crippen LogP contribution in [0.4, 0.5) is 0 Å². The number of hydrogen-bond acceptors (Lipinski definition) is 2. The van der Waals surface area contributed by atoms with Crippen molar-refractivity contribution in [3.05, 3.63) is 23.8 Å². The molecule has 0 saturated heterocycles. The molecule has 86 valence electrons. The van der Waals surface area contributed by atoms with E-state index in [0.717, 1.165) is 12.2 Å². The SMILES string of the molecule is CC.CC.CCc1cnc(C2CC2)nc1. The maximum absolute atomic E-state index is 4.30. The van der Waals surface area contributed by atoms with Crippen molar-refractivity contribution in [3.8, 4) is 0 Å². The Morgan fingerprint density at radius 3 is 1.87 bits per heavy atom. The largest absolute Gasteiger partial charge is 0.241 e. The minimum Gasteiger partial charge on any atom is -0.241 e. The van der Waals surface area contributed by atoms with E-state index in [-0.39, 0.29) is 0 Å². The molecule has 1 fully saturated rings. The zero-order chi connectivity index (χ0) is 11.7. The second-order valence-corrected chi connectivity index (χ2v) is 3.08. The molecule has 0 spiro atoms. The number of aromatic nitrogens is 2. The molecule has 1 aromatic heterocycles. The van der Waals surface area contributed by atoms with Crippen molar-refractivity contribution in [3.63, 3.8) is 0 Å². The van der Waals surface area contributed by atoms with Crippen LogP contribution in [0, 0.1) is 0 Å².